The lowest BCUT2D eigenvalue weighted by Crippen LogP contribution is -2.17. The van der Waals surface area contributed by atoms with Crippen LogP contribution in [0.25, 0.3) is 0 Å². The van der Waals surface area contributed by atoms with Gasteiger partial charge in [-0.2, -0.15) is 0 Å². The highest BCUT2D eigenvalue weighted by Gasteiger charge is 2.07. The van der Waals surface area contributed by atoms with Gasteiger partial charge in [-0.05, 0) is 24.7 Å². The number of carbonyl (C=O) groups is 1. The van der Waals surface area contributed by atoms with Gasteiger partial charge in [0.1, 0.15) is 5.69 Å². The molecule has 0 saturated carbocycles. The van der Waals surface area contributed by atoms with Gasteiger partial charge in [0.05, 0.1) is 11.2 Å². The van der Waals surface area contributed by atoms with Crippen LogP contribution in [0.4, 0.5) is 0 Å². The maximum atomic E-state index is 10.8. The van der Waals surface area contributed by atoms with Gasteiger partial charge in [-0.25, -0.2) is 14.8 Å². The molecule has 0 amide bonds. The van der Waals surface area contributed by atoms with E-state index < -0.39 is 5.97 Å². The van der Waals surface area contributed by atoms with Gasteiger partial charge in [0.2, 0.25) is 0 Å². The van der Waals surface area contributed by atoms with Gasteiger partial charge < -0.3 is 5.11 Å². The number of pyridine rings is 1. The Hall–Kier alpha value is -1.79. The van der Waals surface area contributed by atoms with E-state index in [4.69, 9.17) is 5.11 Å². The van der Waals surface area contributed by atoms with Gasteiger partial charge in [-0.3, -0.25) is 4.90 Å². The van der Waals surface area contributed by atoms with Crippen LogP contribution in [0.15, 0.2) is 29.2 Å². The van der Waals surface area contributed by atoms with E-state index in [-0.39, 0.29) is 5.69 Å². The van der Waals surface area contributed by atoms with Crippen molar-refractivity contribution in [2.24, 2.45) is 0 Å². The van der Waals surface area contributed by atoms with Crippen molar-refractivity contribution < 1.29 is 9.90 Å². The molecular formula is C12H13N3O2S. The highest BCUT2D eigenvalue weighted by atomic mass is 32.1. The number of hydrogen-bond acceptors (Lipinski definition) is 5. The number of hydrogen-bond donors (Lipinski definition) is 1. The first kappa shape index (κ1) is 12.7. The second kappa shape index (κ2) is 5.70. The summed E-state index contributed by atoms with van der Waals surface area (Å²) in [6.07, 6.45) is 1.52. The van der Waals surface area contributed by atoms with Gasteiger partial charge >= 0.3 is 5.97 Å². The molecule has 0 bridgehead atoms. The molecular weight excluding hydrogens is 250 g/mol. The van der Waals surface area contributed by atoms with Gasteiger partial charge in [-0.15, -0.1) is 11.3 Å². The second-order valence-electron chi connectivity index (χ2n) is 4.01. The van der Waals surface area contributed by atoms with E-state index in [0.29, 0.717) is 6.54 Å². The number of aromatic carboxylic acids is 1. The number of nitrogens with zero attached hydrogens (tertiary/aromatic N) is 3. The summed E-state index contributed by atoms with van der Waals surface area (Å²) < 4.78 is 0. The molecule has 0 fully saturated rings. The van der Waals surface area contributed by atoms with Gasteiger partial charge in [0, 0.05) is 24.7 Å². The lowest BCUT2D eigenvalue weighted by Gasteiger charge is -2.15. The molecule has 0 unspecified atom stereocenters. The van der Waals surface area contributed by atoms with Crippen molar-refractivity contribution in [1.82, 2.24) is 14.9 Å². The van der Waals surface area contributed by atoms with Gasteiger partial charge in [-0.1, -0.05) is 0 Å². The van der Waals surface area contributed by atoms with E-state index in [0.717, 1.165) is 17.8 Å². The zero-order valence-electron chi connectivity index (χ0n) is 9.91. The first-order chi connectivity index (χ1) is 8.65. The molecule has 5 nitrogen and oxygen atoms in total. The van der Waals surface area contributed by atoms with Crippen molar-refractivity contribution >= 4 is 17.3 Å². The fourth-order valence-corrected chi connectivity index (χ4v) is 2.20. The van der Waals surface area contributed by atoms with Crippen molar-refractivity contribution in [3.05, 3.63) is 46.2 Å². The molecule has 0 spiro atoms. The first-order valence-electron chi connectivity index (χ1n) is 5.39. The zero-order valence-corrected chi connectivity index (χ0v) is 10.7. The maximum Gasteiger partial charge on any atom is 0.354 e. The number of carboxylic acids is 1. The molecule has 94 valence electrons. The van der Waals surface area contributed by atoms with E-state index in [1.54, 1.807) is 22.9 Å². The van der Waals surface area contributed by atoms with Gasteiger partial charge in [0.25, 0.3) is 0 Å². The summed E-state index contributed by atoms with van der Waals surface area (Å²) >= 11 is 1.57. The monoisotopic (exact) mass is 263 g/mol. The van der Waals surface area contributed by atoms with Crippen LogP contribution in [0.3, 0.4) is 0 Å². The smallest absolute Gasteiger partial charge is 0.354 e. The largest absolute Gasteiger partial charge is 0.477 e. The number of aromatic nitrogens is 2. The highest BCUT2D eigenvalue weighted by Crippen LogP contribution is 2.09. The Kier molecular flexibility index (Phi) is 4.01. The Bertz CT molecular complexity index is 528. The third-order valence-electron chi connectivity index (χ3n) is 2.41. The highest BCUT2D eigenvalue weighted by molar-refractivity contribution is 7.07. The van der Waals surface area contributed by atoms with Crippen LogP contribution >= 0.6 is 11.3 Å². The summed E-state index contributed by atoms with van der Waals surface area (Å²) in [7, 11) is 1.97. The van der Waals surface area contributed by atoms with E-state index >= 15 is 0 Å². The number of carboxylic acid groups (broad SMARTS) is 1. The van der Waals surface area contributed by atoms with Crippen LogP contribution in [0.2, 0.25) is 0 Å². The minimum atomic E-state index is -1.00. The van der Waals surface area contributed by atoms with Crippen LogP contribution in [-0.2, 0) is 13.1 Å². The average molecular weight is 263 g/mol. The van der Waals surface area contributed by atoms with Crippen LogP contribution < -0.4 is 0 Å². The standard InChI is InChI=1S/C12H13N3O2S/c1-15(6-10-7-18-8-14-10)5-9-2-3-13-11(4-9)12(16)17/h2-4,7-8H,5-6H2,1H3,(H,16,17). The molecule has 2 aromatic heterocycles. The SMILES string of the molecule is CN(Cc1ccnc(C(=O)O)c1)Cc1cscn1. The van der Waals surface area contributed by atoms with Crippen molar-refractivity contribution in [3.8, 4) is 0 Å². The Morgan fingerprint density at radius 1 is 1.44 bits per heavy atom. The lowest BCUT2D eigenvalue weighted by atomic mass is 10.2. The Morgan fingerprint density at radius 2 is 2.28 bits per heavy atom. The van der Waals surface area contributed by atoms with Crippen molar-refractivity contribution in [1.29, 1.82) is 0 Å². The average Bonchev–Trinajstić information content (AvgIpc) is 2.82. The molecule has 0 aliphatic rings. The third kappa shape index (κ3) is 3.35. The minimum Gasteiger partial charge on any atom is -0.477 e. The molecule has 6 heteroatoms. The predicted octanol–water partition coefficient (Wildman–Crippen LogP) is 1.87. The Morgan fingerprint density at radius 3 is 2.94 bits per heavy atom. The first-order valence-corrected chi connectivity index (χ1v) is 6.33. The fraction of sp³-hybridized carbons (Fsp3) is 0.250. The molecule has 0 aromatic carbocycles. The lowest BCUT2D eigenvalue weighted by molar-refractivity contribution is 0.0690. The predicted molar refractivity (Wildman–Crippen MR) is 68.5 cm³/mol. The third-order valence-corrected chi connectivity index (χ3v) is 3.05. The quantitative estimate of drug-likeness (QED) is 0.892. The van der Waals surface area contributed by atoms with Crippen molar-refractivity contribution in [2.45, 2.75) is 13.1 Å². The minimum absolute atomic E-state index is 0.0783. The summed E-state index contributed by atoms with van der Waals surface area (Å²) in [6.45, 7) is 1.41. The summed E-state index contributed by atoms with van der Waals surface area (Å²) in [4.78, 5) is 20.9. The molecule has 2 rings (SSSR count). The molecule has 0 aliphatic carbocycles. The Labute approximate surface area is 109 Å². The molecule has 2 aromatic rings. The topological polar surface area (TPSA) is 66.3 Å². The molecule has 1 N–H and O–H groups in total. The molecule has 0 aliphatic heterocycles. The molecule has 18 heavy (non-hydrogen) atoms. The van der Waals surface area contributed by atoms with E-state index in [9.17, 15) is 4.79 Å². The van der Waals surface area contributed by atoms with Crippen LogP contribution in [0.5, 0.6) is 0 Å². The second-order valence-corrected chi connectivity index (χ2v) is 4.73. The zero-order chi connectivity index (χ0) is 13.0. The normalized spacial score (nSPS) is 10.8. The number of thiazole rings is 1. The van der Waals surface area contributed by atoms with E-state index in [1.807, 2.05) is 18.5 Å². The van der Waals surface area contributed by atoms with Crippen molar-refractivity contribution in [3.63, 3.8) is 0 Å². The maximum absolute atomic E-state index is 10.8. The summed E-state index contributed by atoms with van der Waals surface area (Å²) in [5.41, 5.74) is 3.84. The molecule has 0 atom stereocenters. The molecule has 0 saturated heterocycles. The van der Waals surface area contributed by atoms with Crippen LogP contribution in [-0.4, -0.2) is 33.0 Å². The molecule has 2 heterocycles. The van der Waals surface area contributed by atoms with E-state index in [1.165, 1.54) is 6.20 Å². The summed E-state index contributed by atoms with van der Waals surface area (Å²) in [5, 5.41) is 10.9. The fourth-order valence-electron chi connectivity index (χ4n) is 1.65. The van der Waals surface area contributed by atoms with Gasteiger partial charge in [0.15, 0.2) is 0 Å². The van der Waals surface area contributed by atoms with Crippen LogP contribution in [0.1, 0.15) is 21.7 Å². The van der Waals surface area contributed by atoms with E-state index in [2.05, 4.69) is 14.9 Å². The molecule has 0 radical (unpaired) electrons. The Balaban J connectivity index is 2.00. The van der Waals surface area contributed by atoms with Crippen molar-refractivity contribution in [2.75, 3.05) is 7.05 Å². The summed E-state index contributed by atoms with van der Waals surface area (Å²) in [6, 6.07) is 3.42. The van der Waals surface area contributed by atoms with Crippen LogP contribution in [0, 0.1) is 0 Å². The number of rotatable bonds is 5. The summed E-state index contributed by atoms with van der Waals surface area (Å²) in [5.74, 6) is -1.00.